The Hall–Kier alpha value is -3.75. The average Bonchev–Trinajstić information content (AvgIpc) is 3.32. The number of benzene rings is 1. The van der Waals surface area contributed by atoms with Crippen LogP contribution in [0, 0.1) is 11.3 Å². The van der Waals surface area contributed by atoms with Crippen molar-refractivity contribution in [3.8, 4) is 6.07 Å². The SMILES string of the molecule is CN1Cc2cc(Nc3ncc(C#N)c(Nc4nc(N=S(C)(C)=O)cc5c4CCN5)n3)cc3c2C(CCC3)C1. The van der Waals surface area contributed by atoms with Crippen LogP contribution in [-0.2, 0) is 29.1 Å². The molecule has 3 aliphatic rings. The quantitative estimate of drug-likeness (QED) is 0.439. The van der Waals surface area contributed by atoms with Gasteiger partial charge in [0.05, 0.1) is 6.20 Å². The normalized spacial score (nSPS) is 18.1. The third-order valence-corrected chi connectivity index (χ3v) is 7.87. The largest absolute Gasteiger partial charge is 0.384 e. The molecule has 0 saturated carbocycles. The van der Waals surface area contributed by atoms with Gasteiger partial charge < -0.3 is 20.9 Å². The first-order valence-corrected chi connectivity index (χ1v) is 15.2. The zero-order valence-electron chi connectivity index (χ0n) is 21.8. The van der Waals surface area contributed by atoms with Gasteiger partial charge in [-0.3, -0.25) is 0 Å². The fourth-order valence-corrected chi connectivity index (χ4v) is 6.38. The first kappa shape index (κ1) is 24.6. The molecule has 196 valence electrons. The van der Waals surface area contributed by atoms with Crippen molar-refractivity contribution in [3.63, 3.8) is 0 Å². The predicted octanol–water partition coefficient (Wildman–Crippen LogP) is 4.42. The Balaban J connectivity index is 1.34. The summed E-state index contributed by atoms with van der Waals surface area (Å²) < 4.78 is 16.6. The third-order valence-electron chi connectivity index (χ3n) is 7.25. The highest BCUT2D eigenvalue weighted by atomic mass is 32.2. The smallest absolute Gasteiger partial charge is 0.229 e. The number of hydrogen-bond acceptors (Lipinski definition) is 10. The Kier molecular flexibility index (Phi) is 6.16. The summed E-state index contributed by atoms with van der Waals surface area (Å²) in [4.78, 5) is 16.1. The Labute approximate surface area is 223 Å². The highest BCUT2D eigenvalue weighted by Gasteiger charge is 2.29. The van der Waals surface area contributed by atoms with Gasteiger partial charge >= 0.3 is 0 Å². The van der Waals surface area contributed by atoms with E-state index in [1.54, 1.807) is 12.5 Å². The Bertz CT molecular complexity index is 1600. The van der Waals surface area contributed by atoms with E-state index in [2.05, 4.69) is 65.4 Å². The number of rotatable bonds is 5. The Morgan fingerprint density at radius 1 is 1.16 bits per heavy atom. The lowest BCUT2D eigenvalue weighted by Crippen LogP contribution is -2.33. The van der Waals surface area contributed by atoms with Gasteiger partial charge in [0, 0.05) is 64.9 Å². The van der Waals surface area contributed by atoms with E-state index in [0.29, 0.717) is 34.9 Å². The summed E-state index contributed by atoms with van der Waals surface area (Å²) in [6.45, 7) is 2.82. The monoisotopic (exact) mass is 529 g/mol. The van der Waals surface area contributed by atoms with Gasteiger partial charge in [0.2, 0.25) is 5.95 Å². The maximum absolute atomic E-state index is 12.3. The molecule has 1 aromatic carbocycles. The van der Waals surface area contributed by atoms with Crippen LogP contribution in [0.4, 0.5) is 34.8 Å². The van der Waals surface area contributed by atoms with E-state index in [9.17, 15) is 9.47 Å². The van der Waals surface area contributed by atoms with Crippen LogP contribution >= 0.6 is 0 Å². The van der Waals surface area contributed by atoms with E-state index < -0.39 is 9.73 Å². The molecule has 0 fully saturated rings. The number of nitriles is 1. The van der Waals surface area contributed by atoms with Crippen molar-refractivity contribution >= 4 is 44.5 Å². The van der Waals surface area contributed by atoms with Gasteiger partial charge in [-0.25, -0.2) is 14.2 Å². The van der Waals surface area contributed by atoms with E-state index in [0.717, 1.165) is 49.4 Å². The van der Waals surface area contributed by atoms with E-state index in [1.165, 1.54) is 35.7 Å². The molecule has 0 radical (unpaired) electrons. The molecule has 0 bridgehead atoms. The van der Waals surface area contributed by atoms with Gasteiger partial charge in [-0.2, -0.15) is 14.6 Å². The summed E-state index contributed by atoms with van der Waals surface area (Å²) in [6, 6.07) is 8.41. The number of likely N-dealkylation sites (N-methyl/N-ethyl adjacent to an activating group) is 1. The number of aromatic nitrogens is 3. The highest BCUT2D eigenvalue weighted by Crippen LogP contribution is 2.40. The second-order valence-electron chi connectivity index (χ2n) is 10.6. The summed E-state index contributed by atoms with van der Waals surface area (Å²) in [5.74, 6) is 2.28. The van der Waals surface area contributed by atoms with Crippen LogP contribution < -0.4 is 16.0 Å². The zero-order chi connectivity index (χ0) is 26.4. The van der Waals surface area contributed by atoms with E-state index in [-0.39, 0.29) is 0 Å². The first-order valence-electron chi connectivity index (χ1n) is 12.9. The molecule has 6 rings (SSSR count). The van der Waals surface area contributed by atoms with Crippen LogP contribution in [0.2, 0.25) is 0 Å². The van der Waals surface area contributed by atoms with E-state index in [1.807, 2.05) is 6.07 Å². The number of fused-ring (bicyclic) bond motifs is 1. The summed E-state index contributed by atoms with van der Waals surface area (Å²) in [7, 11) is -0.206. The summed E-state index contributed by atoms with van der Waals surface area (Å²) in [5.41, 5.74) is 7.44. The molecule has 38 heavy (non-hydrogen) atoms. The number of hydrogen-bond donors (Lipinski definition) is 3. The second-order valence-corrected chi connectivity index (χ2v) is 13.2. The van der Waals surface area contributed by atoms with Crippen molar-refractivity contribution in [2.24, 2.45) is 4.36 Å². The molecule has 3 aromatic rings. The van der Waals surface area contributed by atoms with E-state index in [4.69, 9.17) is 0 Å². The highest BCUT2D eigenvalue weighted by molar-refractivity contribution is 7.92. The molecule has 1 atom stereocenters. The lowest BCUT2D eigenvalue weighted by molar-refractivity contribution is 0.266. The minimum atomic E-state index is -2.39. The van der Waals surface area contributed by atoms with Crippen molar-refractivity contribution in [1.29, 1.82) is 5.26 Å². The number of nitrogens with zero attached hydrogens (tertiary/aromatic N) is 6. The topological polar surface area (TPSA) is 131 Å². The van der Waals surface area contributed by atoms with Crippen molar-refractivity contribution < 1.29 is 4.21 Å². The molecule has 11 heteroatoms. The fourth-order valence-electron chi connectivity index (χ4n) is 5.84. The lowest BCUT2D eigenvalue weighted by Gasteiger charge is -2.37. The van der Waals surface area contributed by atoms with Gasteiger partial charge in [-0.05, 0) is 67.5 Å². The molecule has 0 spiro atoms. The summed E-state index contributed by atoms with van der Waals surface area (Å²) in [6.07, 6.45) is 8.98. The fraction of sp³-hybridized carbons (Fsp3) is 0.407. The maximum atomic E-state index is 12.3. The molecule has 2 aliphatic heterocycles. The minimum absolute atomic E-state index is 0.305. The van der Waals surface area contributed by atoms with Crippen molar-refractivity contribution in [2.45, 2.75) is 38.1 Å². The molecule has 2 aromatic heterocycles. The van der Waals surface area contributed by atoms with Crippen LogP contribution in [-0.4, -0.2) is 56.7 Å². The predicted molar refractivity (Wildman–Crippen MR) is 150 cm³/mol. The third kappa shape index (κ3) is 4.89. The van der Waals surface area contributed by atoms with Crippen LogP contribution in [0.5, 0.6) is 0 Å². The number of nitrogens with one attached hydrogen (secondary N) is 3. The minimum Gasteiger partial charge on any atom is -0.384 e. The molecular formula is C27H31N9OS. The second kappa shape index (κ2) is 9.53. The van der Waals surface area contributed by atoms with Gasteiger partial charge in [-0.1, -0.05) is 0 Å². The molecule has 1 unspecified atom stereocenters. The van der Waals surface area contributed by atoms with E-state index >= 15 is 0 Å². The lowest BCUT2D eigenvalue weighted by atomic mass is 9.77. The molecule has 4 heterocycles. The number of pyridine rings is 1. The summed E-state index contributed by atoms with van der Waals surface area (Å²) >= 11 is 0. The Morgan fingerprint density at radius 2 is 2.00 bits per heavy atom. The van der Waals surface area contributed by atoms with Crippen LogP contribution in [0.3, 0.4) is 0 Å². The summed E-state index contributed by atoms with van der Waals surface area (Å²) in [5, 5.41) is 19.7. The molecule has 3 N–H and O–H groups in total. The van der Waals surface area contributed by atoms with Crippen LogP contribution in [0.15, 0.2) is 28.8 Å². The first-order chi connectivity index (χ1) is 18.3. The average molecular weight is 530 g/mol. The van der Waals surface area contributed by atoms with Crippen molar-refractivity contribution in [2.75, 3.05) is 48.6 Å². The number of aryl methyl sites for hydroxylation is 1. The standard InChI is InChI=1S/C27H31N9OS/c1-36-14-17-6-4-5-16-9-20(10-18(15-36)24(16)17)31-27-30-13-19(12-28)25(34-27)33-26-21-7-8-29-22(21)11-23(32-26)35-38(2,3)37/h9-11,13,17,29H,4-8,14-15H2,1-3H3,(H2,30,31,32,33,34). The van der Waals surface area contributed by atoms with Crippen molar-refractivity contribution in [3.05, 3.63) is 52.2 Å². The Morgan fingerprint density at radius 3 is 2.82 bits per heavy atom. The van der Waals surface area contributed by atoms with Gasteiger partial charge in [0.25, 0.3) is 0 Å². The zero-order valence-corrected chi connectivity index (χ0v) is 22.7. The maximum Gasteiger partial charge on any atom is 0.229 e. The van der Waals surface area contributed by atoms with Gasteiger partial charge in [-0.15, -0.1) is 0 Å². The number of anilines is 5. The molecule has 1 aliphatic carbocycles. The van der Waals surface area contributed by atoms with Gasteiger partial charge in [0.1, 0.15) is 17.5 Å². The molecule has 0 amide bonds. The molecular weight excluding hydrogens is 498 g/mol. The van der Waals surface area contributed by atoms with Gasteiger partial charge in [0.15, 0.2) is 11.6 Å². The molecule has 10 nitrogen and oxygen atoms in total. The molecule has 0 saturated heterocycles. The van der Waals surface area contributed by atoms with Crippen LogP contribution in [0.1, 0.15) is 46.6 Å². The van der Waals surface area contributed by atoms with Crippen LogP contribution in [0.25, 0.3) is 0 Å². The van der Waals surface area contributed by atoms with Crippen molar-refractivity contribution in [1.82, 2.24) is 19.9 Å².